The number of aromatic nitrogens is 2. The first-order valence-electron chi connectivity index (χ1n) is 12.5. The largest absolute Gasteiger partial charge is 0.459 e. The highest BCUT2D eigenvalue weighted by Gasteiger charge is 2.52. The van der Waals surface area contributed by atoms with Crippen LogP contribution in [-0.2, 0) is 18.9 Å². The van der Waals surface area contributed by atoms with Crippen molar-refractivity contribution in [1.82, 2.24) is 9.78 Å². The van der Waals surface area contributed by atoms with Gasteiger partial charge < -0.3 is 18.9 Å². The van der Waals surface area contributed by atoms with Crippen LogP contribution in [-0.4, -0.2) is 57.5 Å². The summed E-state index contributed by atoms with van der Waals surface area (Å²) in [6.45, 7) is -0.389. The van der Waals surface area contributed by atoms with Crippen LogP contribution >= 0.6 is 0 Å². The van der Waals surface area contributed by atoms with E-state index in [2.05, 4.69) is 5.10 Å². The Hall–Kier alpha value is -5.36. The minimum Gasteiger partial charge on any atom is -0.459 e. The van der Waals surface area contributed by atoms with Crippen molar-refractivity contribution >= 4 is 23.6 Å². The molecule has 1 fully saturated rings. The molecule has 1 aliphatic rings. The van der Waals surface area contributed by atoms with E-state index in [1.54, 1.807) is 78.9 Å². The van der Waals surface area contributed by atoms with Crippen molar-refractivity contribution in [2.75, 3.05) is 6.61 Å². The second kappa shape index (κ2) is 12.2. The van der Waals surface area contributed by atoms with E-state index < -0.39 is 47.4 Å². The van der Waals surface area contributed by atoms with Gasteiger partial charge in [0.15, 0.2) is 18.4 Å². The van der Waals surface area contributed by atoms with Crippen molar-refractivity contribution in [2.24, 2.45) is 0 Å². The van der Waals surface area contributed by atoms with Crippen LogP contribution in [0.2, 0.25) is 0 Å². The second-order valence-electron chi connectivity index (χ2n) is 8.94. The van der Waals surface area contributed by atoms with Crippen molar-refractivity contribution in [3.8, 4) is 0 Å². The average molecular weight is 558 g/mol. The number of ether oxygens (including phenoxy) is 4. The van der Waals surface area contributed by atoms with Crippen molar-refractivity contribution < 1.29 is 38.3 Å². The Kier molecular flexibility index (Phi) is 8.11. The molecule has 0 aliphatic carbocycles. The number of benzene rings is 3. The smallest absolute Gasteiger partial charge is 0.338 e. The second-order valence-corrected chi connectivity index (χ2v) is 8.94. The number of nitro groups is 1. The van der Waals surface area contributed by atoms with Crippen LogP contribution in [0.5, 0.6) is 0 Å². The summed E-state index contributed by atoms with van der Waals surface area (Å²) in [5, 5.41) is 15.3. The monoisotopic (exact) mass is 557 g/mol. The van der Waals surface area contributed by atoms with E-state index in [0.29, 0.717) is 0 Å². The molecule has 3 aromatic carbocycles. The first kappa shape index (κ1) is 27.2. The maximum atomic E-state index is 13.1. The molecule has 1 saturated heterocycles. The third-order valence-corrected chi connectivity index (χ3v) is 6.24. The number of hydrogen-bond acceptors (Lipinski definition) is 10. The quantitative estimate of drug-likeness (QED) is 0.128. The lowest BCUT2D eigenvalue weighted by Gasteiger charge is -2.24. The lowest BCUT2D eigenvalue weighted by molar-refractivity contribution is -0.385. The van der Waals surface area contributed by atoms with E-state index in [1.165, 1.54) is 12.1 Å². The molecule has 0 spiro atoms. The van der Waals surface area contributed by atoms with E-state index in [0.717, 1.165) is 17.1 Å². The number of nitrogens with zero attached hydrogens (tertiary/aromatic N) is 3. The average Bonchev–Trinajstić information content (AvgIpc) is 3.63. The molecule has 2 heterocycles. The molecular weight excluding hydrogens is 534 g/mol. The highest BCUT2D eigenvalue weighted by Crippen LogP contribution is 2.35. The van der Waals surface area contributed by atoms with Crippen molar-refractivity contribution in [2.45, 2.75) is 24.5 Å². The summed E-state index contributed by atoms with van der Waals surface area (Å²) in [5.74, 6) is -2.15. The zero-order chi connectivity index (χ0) is 28.8. The van der Waals surface area contributed by atoms with Crippen LogP contribution in [0.1, 0.15) is 37.3 Å². The van der Waals surface area contributed by atoms with Gasteiger partial charge in [-0.2, -0.15) is 5.10 Å². The highest BCUT2D eigenvalue weighted by molar-refractivity contribution is 5.91. The molecule has 4 atom stereocenters. The normalized spacial score (nSPS) is 19.7. The number of esters is 3. The van der Waals surface area contributed by atoms with Gasteiger partial charge >= 0.3 is 23.6 Å². The Labute approximate surface area is 233 Å². The molecule has 0 radical (unpaired) electrons. The molecular formula is C29H23N3O9. The zero-order valence-electron chi connectivity index (χ0n) is 21.3. The van der Waals surface area contributed by atoms with Gasteiger partial charge in [-0.1, -0.05) is 54.6 Å². The Bertz CT molecular complexity index is 1530. The van der Waals surface area contributed by atoms with E-state index >= 15 is 0 Å². The van der Waals surface area contributed by atoms with Gasteiger partial charge in [0.25, 0.3) is 0 Å². The summed E-state index contributed by atoms with van der Waals surface area (Å²) >= 11 is 0. The van der Waals surface area contributed by atoms with Gasteiger partial charge in [-0.3, -0.25) is 10.1 Å². The highest BCUT2D eigenvalue weighted by atomic mass is 16.7. The summed E-state index contributed by atoms with van der Waals surface area (Å²) < 4.78 is 24.2. The van der Waals surface area contributed by atoms with E-state index in [-0.39, 0.29) is 29.0 Å². The van der Waals surface area contributed by atoms with Gasteiger partial charge in [-0.15, -0.1) is 0 Å². The Morgan fingerprint density at radius 3 is 1.76 bits per heavy atom. The van der Waals surface area contributed by atoms with Crippen LogP contribution in [0.3, 0.4) is 0 Å². The summed E-state index contributed by atoms with van der Waals surface area (Å²) in [4.78, 5) is 49.5. The standard InChI is InChI=1S/C29H23N3O9/c33-27(19-10-4-1-5-11-19)38-18-23-24(40-28(34)20-12-6-2-7-13-20)25(41-29(35)21-14-8-3-9-15-21)26(39-23)31-17-22(16-30-31)32(36)37/h1-17,23-26H,18H2/t23-,24-,25+,26+/m1/s1. The van der Waals surface area contributed by atoms with Gasteiger partial charge in [0.05, 0.1) is 21.6 Å². The van der Waals surface area contributed by atoms with Crippen molar-refractivity contribution in [3.63, 3.8) is 0 Å². The number of rotatable bonds is 9. The third kappa shape index (κ3) is 6.28. The fraction of sp³-hybridized carbons (Fsp3) is 0.172. The summed E-state index contributed by atoms with van der Waals surface area (Å²) in [5.41, 5.74) is 0.386. The van der Waals surface area contributed by atoms with Crippen LogP contribution < -0.4 is 0 Å². The van der Waals surface area contributed by atoms with E-state index in [9.17, 15) is 24.5 Å². The summed E-state index contributed by atoms with van der Waals surface area (Å²) in [6.07, 6.45) is -2.89. The van der Waals surface area contributed by atoms with Gasteiger partial charge in [0, 0.05) is 0 Å². The zero-order valence-corrected chi connectivity index (χ0v) is 21.3. The molecule has 12 nitrogen and oxygen atoms in total. The van der Waals surface area contributed by atoms with Gasteiger partial charge in [-0.05, 0) is 36.4 Å². The molecule has 0 saturated carbocycles. The van der Waals surface area contributed by atoms with Crippen molar-refractivity contribution in [1.29, 1.82) is 0 Å². The van der Waals surface area contributed by atoms with Crippen LogP contribution in [0.25, 0.3) is 0 Å². The SMILES string of the molecule is O=C(OC[C@H]1O[C@H](n2cc([N+](=O)[O-])cn2)[C@@H](OC(=O)c2ccccc2)[C@@H]1OC(=O)c1ccccc1)c1ccccc1. The molecule has 0 amide bonds. The maximum absolute atomic E-state index is 13.1. The van der Waals surface area contributed by atoms with Crippen LogP contribution in [0.15, 0.2) is 103 Å². The predicted molar refractivity (Wildman–Crippen MR) is 141 cm³/mol. The molecule has 4 aromatic rings. The number of carbonyl (C=O) groups excluding carboxylic acids is 3. The lowest BCUT2D eigenvalue weighted by atomic mass is 10.1. The molecule has 1 aliphatic heterocycles. The predicted octanol–water partition coefficient (Wildman–Crippen LogP) is 4.00. The fourth-order valence-corrected chi connectivity index (χ4v) is 4.23. The van der Waals surface area contributed by atoms with Crippen LogP contribution in [0.4, 0.5) is 5.69 Å². The molecule has 41 heavy (non-hydrogen) atoms. The van der Waals surface area contributed by atoms with Crippen LogP contribution in [0, 0.1) is 10.1 Å². The molecule has 0 bridgehead atoms. The summed E-state index contributed by atoms with van der Waals surface area (Å²) in [7, 11) is 0. The number of carbonyl (C=O) groups is 3. The lowest BCUT2D eigenvalue weighted by Crippen LogP contribution is -2.41. The molecule has 1 aromatic heterocycles. The van der Waals surface area contributed by atoms with Gasteiger partial charge in [0.1, 0.15) is 25.1 Å². The van der Waals surface area contributed by atoms with E-state index in [1.807, 2.05) is 0 Å². The Morgan fingerprint density at radius 2 is 1.27 bits per heavy atom. The minimum atomic E-state index is -1.32. The molecule has 12 heteroatoms. The molecule has 5 rings (SSSR count). The minimum absolute atomic E-state index is 0.213. The first-order chi connectivity index (χ1) is 19.9. The maximum Gasteiger partial charge on any atom is 0.338 e. The van der Waals surface area contributed by atoms with E-state index in [4.69, 9.17) is 18.9 Å². The Morgan fingerprint density at radius 1 is 0.780 bits per heavy atom. The summed E-state index contributed by atoms with van der Waals surface area (Å²) in [6, 6.07) is 24.4. The molecule has 0 N–H and O–H groups in total. The van der Waals surface area contributed by atoms with Gasteiger partial charge in [-0.25, -0.2) is 19.1 Å². The first-order valence-corrected chi connectivity index (χ1v) is 12.5. The fourth-order valence-electron chi connectivity index (χ4n) is 4.23. The number of hydrogen-bond donors (Lipinski definition) is 0. The van der Waals surface area contributed by atoms with Gasteiger partial charge in [0.2, 0.25) is 0 Å². The topological polar surface area (TPSA) is 149 Å². The Balaban J connectivity index is 1.47. The molecule has 208 valence electrons. The van der Waals surface area contributed by atoms with Crippen molar-refractivity contribution in [3.05, 3.63) is 130 Å². The third-order valence-electron chi connectivity index (χ3n) is 6.24. The molecule has 0 unspecified atom stereocenters.